The van der Waals surface area contributed by atoms with Gasteiger partial charge in [0.15, 0.2) is 0 Å². The third-order valence-electron chi connectivity index (χ3n) is 4.32. The van der Waals surface area contributed by atoms with Crippen LogP contribution in [0.5, 0.6) is 0 Å². The van der Waals surface area contributed by atoms with Gasteiger partial charge in [-0.1, -0.05) is 43.2 Å². The van der Waals surface area contributed by atoms with Gasteiger partial charge in [-0.3, -0.25) is 4.79 Å². The molecule has 0 aliphatic heterocycles. The summed E-state index contributed by atoms with van der Waals surface area (Å²) in [5, 5.41) is 0. The summed E-state index contributed by atoms with van der Waals surface area (Å²) in [6, 6.07) is 11.9. The van der Waals surface area contributed by atoms with Crippen LogP contribution in [-0.2, 0) is 16.8 Å². The molecule has 1 aliphatic carbocycles. The topological polar surface area (TPSA) is 55.0 Å². The number of methoxy groups -OCH3 is 1. The Bertz CT molecular complexity index is 658. The highest BCUT2D eigenvalue weighted by Crippen LogP contribution is 2.44. The molecule has 1 aromatic heterocycles. The molecule has 1 heterocycles. The van der Waals surface area contributed by atoms with Crippen LogP contribution >= 0.6 is 0 Å². The van der Waals surface area contributed by atoms with Gasteiger partial charge in [-0.2, -0.15) is 0 Å². The lowest BCUT2D eigenvalue weighted by Crippen LogP contribution is -2.30. The number of hydrogen-bond acceptors (Lipinski definition) is 3. The second-order valence-corrected chi connectivity index (χ2v) is 5.67. The van der Waals surface area contributed by atoms with Gasteiger partial charge in [0.25, 0.3) is 5.56 Å². The number of nitrogens with one attached hydrogen (secondary N) is 1. The molecule has 0 radical (unpaired) electrons. The predicted molar refractivity (Wildman–Crippen MR) is 81.3 cm³/mol. The van der Waals surface area contributed by atoms with Crippen molar-refractivity contribution in [3.8, 4) is 0 Å². The molecule has 0 amide bonds. The van der Waals surface area contributed by atoms with Crippen molar-refractivity contribution in [3.05, 3.63) is 63.8 Å². The number of hydrogen-bond donors (Lipinski definition) is 1. The van der Waals surface area contributed by atoms with Gasteiger partial charge in [0.1, 0.15) is 5.82 Å². The van der Waals surface area contributed by atoms with Gasteiger partial charge in [0.2, 0.25) is 0 Å². The molecule has 2 aromatic rings. The van der Waals surface area contributed by atoms with Crippen LogP contribution in [-0.4, -0.2) is 17.1 Å². The van der Waals surface area contributed by atoms with Crippen molar-refractivity contribution in [2.45, 2.75) is 37.7 Å². The normalized spacial score (nSPS) is 17.0. The number of aromatic nitrogens is 2. The van der Waals surface area contributed by atoms with E-state index in [4.69, 9.17) is 4.74 Å². The van der Waals surface area contributed by atoms with Crippen molar-refractivity contribution in [2.75, 3.05) is 7.11 Å². The first-order chi connectivity index (χ1) is 10.2. The minimum absolute atomic E-state index is 0.103. The second-order valence-electron chi connectivity index (χ2n) is 5.67. The van der Waals surface area contributed by atoms with Crippen molar-refractivity contribution < 1.29 is 4.74 Å². The molecule has 1 N–H and O–H groups in total. The number of H-pyrrole nitrogens is 1. The van der Waals surface area contributed by atoms with Crippen LogP contribution in [0.3, 0.4) is 0 Å². The molecule has 4 nitrogen and oxygen atoms in total. The third-order valence-corrected chi connectivity index (χ3v) is 4.32. The summed E-state index contributed by atoms with van der Waals surface area (Å²) in [6.07, 6.45) is 4.37. The highest BCUT2D eigenvalue weighted by Gasteiger charge is 2.39. The molecule has 0 unspecified atom stereocenters. The molecule has 4 heteroatoms. The van der Waals surface area contributed by atoms with Crippen LogP contribution in [0.25, 0.3) is 0 Å². The highest BCUT2D eigenvalue weighted by atomic mass is 16.5. The fourth-order valence-electron chi connectivity index (χ4n) is 3.35. The van der Waals surface area contributed by atoms with Crippen molar-refractivity contribution >= 4 is 0 Å². The van der Waals surface area contributed by atoms with Crippen LogP contribution < -0.4 is 5.56 Å². The Balaban J connectivity index is 2.12. The highest BCUT2D eigenvalue weighted by molar-refractivity contribution is 5.34. The van der Waals surface area contributed by atoms with Crippen LogP contribution in [0.1, 0.15) is 42.8 Å². The number of ether oxygens (including phenoxy) is 1. The first-order valence-corrected chi connectivity index (χ1v) is 7.40. The molecule has 21 heavy (non-hydrogen) atoms. The van der Waals surface area contributed by atoms with Gasteiger partial charge in [-0.25, -0.2) is 4.98 Å². The Hall–Kier alpha value is -1.94. The Morgan fingerprint density at radius 1 is 1.24 bits per heavy atom. The van der Waals surface area contributed by atoms with E-state index in [1.54, 1.807) is 7.11 Å². The molecule has 110 valence electrons. The zero-order chi connectivity index (χ0) is 14.7. The summed E-state index contributed by atoms with van der Waals surface area (Å²) in [7, 11) is 1.62. The quantitative estimate of drug-likeness (QED) is 0.939. The van der Waals surface area contributed by atoms with Crippen LogP contribution in [0.15, 0.2) is 41.2 Å². The molecule has 0 atom stereocenters. The van der Waals surface area contributed by atoms with Crippen molar-refractivity contribution in [3.63, 3.8) is 0 Å². The van der Waals surface area contributed by atoms with E-state index in [2.05, 4.69) is 22.1 Å². The lowest BCUT2D eigenvalue weighted by atomic mass is 9.78. The van der Waals surface area contributed by atoms with Crippen LogP contribution in [0, 0.1) is 0 Å². The molecule has 1 aliphatic rings. The summed E-state index contributed by atoms with van der Waals surface area (Å²) >= 11 is 0. The van der Waals surface area contributed by atoms with E-state index in [9.17, 15) is 4.79 Å². The fourth-order valence-corrected chi connectivity index (χ4v) is 3.35. The average molecular weight is 284 g/mol. The van der Waals surface area contributed by atoms with E-state index in [1.807, 2.05) is 18.2 Å². The Kier molecular flexibility index (Phi) is 3.88. The molecule has 0 bridgehead atoms. The van der Waals surface area contributed by atoms with E-state index in [1.165, 1.54) is 11.6 Å². The summed E-state index contributed by atoms with van der Waals surface area (Å²) < 4.78 is 5.12. The molecule has 1 saturated carbocycles. The van der Waals surface area contributed by atoms with Crippen molar-refractivity contribution in [1.29, 1.82) is 0 Å². The lowest BCUT2D eigenvalue weighted by Gasteiger charge is -2.28. The van der Waals surface area contributed by atoms with Gasteiger partial charge >= 0.3 is 0 Å². The number of rotatable bonds is 4. The number of benzene rings is 1. The van der Waals surface area contributed by atoms with Gasteiger partial charge in [0, 0.05) is 13.2 Å². The maximum Gasteiger partial charge on any atom is 0.251 e. The molecule has 0 spiro atoms. The summed E-state index contributed by atoms with van der Waals surface area (Å²) in [6.45, 7) is 0.363. The van der Waals surface area contributed by atoms with Crippen molar-refractivity contribution in [1.82, 2.24) is 9.97 Å². The van der Waals surface area contributed by atoms with Crippen molar-refractivity contribution in [2.24, 2.45) is 0 Å². The van der Waals surface area contributed by atoms with E-state index < -0.39 is 0 Å². The van der Waals surface area contributed by atoms with Crippen LogP contribution in [0.2, 0.25) is 0 Å². The largest absolute Gasteiger partial charge is 0.378 e. The Labute approximate surface area is 124 Å². The molecule has 1 fully saturated rings. The lowest BCUT2D eigenvalue weighted by molar-refractivity contribution is 0.180. The second kappa shape index (κ2) is 5.82. The predicted octanol–water partition coefficient (Wildman–Crippen LogP) is 2.78. The first-order valence-electron chi connectivity index (χ1n) is 7.40. The molecule has 3 rings (SSSR count). The zero-order valence-corrected chi connectivity index (χ0v) is 12.3. The van der Waals surface area contributed by atoms with Gasteiger partial charge < -0.3 is 9.72 Å². The molecular weight excluding hydrogens is 264 g/mol. The Morgan fingerprint density at radius 3 is 2.62 bits per heavy atom. The summed E-state index contributed by atoms with van der Waals surface area (Å²) in [4.78, 5) is 19.6. The number of nitrogens with zero attached hydrogens (tertiary/aromatic N) is 1. The monoisotopic (exact) mass is 284 g/mol. The Morgan fingerprint density at radius 2 is 1.95 bits per heavy atom. The smallest absolute Gasteiger partial charge is 0.251 e. The molecular formula is C17H20N2O2. The summed E-state index contributed by atoms with van der Waals surface area (Å²) in [5.41, 5.74) is 1.66. The van der Waals surface area contributed by atoms with E-state index >= 15 is 0 Å². The SMILES string of the molecule is COCc1cc(=O)[nH]c(C2(c3ccccc3)CCCC2)n1. The average Bonchev–Trinajstić information content (AvgIpc) is 2.99. The minimum Gasteiger partial charge on any atom is -0.378 e. The van der Waals surface area contributed by atoms with Gasteiger partial charge in [-0.15, -0.1) is 0 Å². The summed E-state index contributed by atoms with van der Waals surface area (Å²) in [5.74, 6) is 0.783. The van der Waals surface area contributed by atoms with E-state index in [-0.39, 0.29) is 11.0 Å². The molecule has 1 aromatic carbocycles. The van der Waals surface area contributed by atoms with Gasteiger partial charge in [0.05, 0.1) is 17.7 Å². The molecule has 0 saturated heterocycles. The third kappa shape index (κ3) is 2.63. The van der Waals surface area contributed by atoms with Crippen LogP contribution in [0.4, 0.5) is 0 Å². The minimum atomic E-state index is -0.163. The van der Waals surface area contributed by atoms with E-state index in [0.717, 1.165) is 31.5 Å². The van der Waals surface area contributed by atoms with Gasteiger partial charge in [-0.05, 0) is 18.4 Å². The number of aromatic amines is 1. The standard InChI is InChI=1S/C17H20N2O2/c1-21-12-14-11-15(20)19-16(18-14)17(9-5-6-10-17)13-7-3-2-4-8-13/h2-4,7-8,11H,5-6,9-10,12H2,1H3,(H,18,19,20). The zero-order valence-electron chi connectivity index (χ0n) is 12.3. The first kappa shape index (κ1) is 14.0. The maximum atomic E-state index is 12.0. The van der Waals surface area contributed by atoms with E-state index in [0.29, 0.717) is 12.3 Å². The fraction of sp³-hybridized carbons (Fsp3) is 0.412. The maximum absolute atomic E-state index is 12.0.